The molecule has 1 aliphatic rings. The van der Waals surface area contributed by atoms with Crippen LogP contribution >= 0.6 is 12.6 Å². The second-order valence-corrected chi connectivity index (χ2v) is 6.93. The maximum atomic E-state index is 12.2. The van der Waals surface area contributed by atoms with Crippen LogP contribution in [0, 0.1) is 5.41 Å². The second kappa shape index (κ2) is 6.76. The molecule has 0 radical (unpaired) electrons. The summed E-state index contributed by atoms with van der Waals surface area (Å²) in [5, 5.41) is -0.277. The topological polar surface area (TPSA) is 47.9 Å². The Morgan fingerprint density at radius 2 is 1.87 bits per heavy atom. The molecule has 0 spiro atoms. The molecule has 23 heavy (non-hydrogen) atoms. The van der Waals surface area contributed by atoms with Crippen LogP contribution in [0.3, 0.4) is 0 Å². The first-order chi connectivity index (χ1) is 10.8. The van der Waals surface area contributed by atoms with E-state index in [0.29, 0.717) is 6.61 Å². The smallest absolute Gasteiger partial charge is 0.382 e. The fraction of sp³-hybridized carbons (Fsp3) is 0.412. The molecule has 1 aromatic carbocycles. The van der Waals surface area contributed by atoms with Crippen LogP contribution in [0.2, 0.25) is 0 Å². The summed E-state index contributed by atoms with van der Waals surface area (Å²) >= 11 is 4.08. The minimum atomic E-state index is -0.277. The van der Waals surface area contributed by atoms with Crippen LogP contribution in [0.25, 0.3) is 0 Å². The number of rotatable bonds is 5. The lowest BCUT2D eigenvalue weighted by Gasteiger charge is -2.39. The molecule has 0 aliphatic carbocycles. The van der Waals surface area contributed by atoms with Gasteiger partial charge >= 0.3 is 5.24 Å². The average molecular weight is 335 g/mol. The van der Waals surface area contributed by atoms with Crippen LogP contribution in [-0.2, 0) is 0 Å². The maximum absolute atomic E-state index is 12.2. The zero-order valence-corrected chi connectivity index (χ0v) is 14.8. The van der Waals surface area contributed by atoms with Crippen molar-refractivity contribution in [3.05, 3.63) is 36.7 Å². The SMILES string of the molecule is COc1ccc(OCC(C(C)(C)C)[N+]2(C(=O)S)C=CN=C2)cc1. The van der Waals surface area contributed by atoms with Gasteiger partial charge in [0.25, 0.3) is 0 Å². The number of quaternary nitrogens is 1. The molecule has 0 N–H and O–H groups in total. The number of carbonyl (C=O) groups is 1. The summed E-state index contributed by atoms with van der Waals surface area (Å²) < 4.78 is 11.0. The number of nitrogens with zero attached hydrogens (tertiary/aromatic N) is 2. The number of aliphatic imine (C=N–C) groups is 1. The van der Waals surface area contributed by atoms with Gasteiger partial charge < -0.3 is 9.47 Å². The Morgan fingerprint density at radius 1 is 1.26 bits per heavy atom. The fourth-order valence-corrected chi connectivity index (χ4v) is 2.89. The Balaban J connectivity index is 2.21. The molecule has 1 aromatic rings. The van der Waals surface area contributed by atoms with Crippen molar-refractivity contribution >= 4 is 24.2 Å². The van der Waals surface area contributed by atoms with Crippen LogP contribution in [0.4, 0.5) is 4.79 Å². The molecule has 2 atom stereocenters. The third kappa shape index (κ3) is 3.76. The molecular formula is C17H23N2O3S+. The molecule has 1 aliphatic heterocycles. The van der Waals surface area contributed by atoms with E-state index < -0.39 is 0 Å². The number of ether oxygens (including phenoxy) is 2. The molecular weight excluding hydrogens is 312 g/mol. The highest BCUT2D eigenvalue weighted by molar-refractivity contribution is 7.96. The van der Waals surface area contributed by atoms with Gasteiger partial charge in [-0.3, -0.25) is 0 Å². The average Bonchev–Trinajstić information content (AvgIpc) is 2.97. The van der Waals surface area contributed by atoms with E-state index in [9.17, 15) is 4.79 Å². The summed E-state index contributed by atoms with van der Waals surface area (Å²) in [6.45, 7) is 6.59. The number of hydrogen-bond acceptors (Lipinski definition) is 4. The van der Waals surface area contributed by atoms with Crippen molar-refractivity contribution in [2.45, 2.75) is 26.8 Å². The van der Waals surface area contributed by atoms with Gasteiger partial charge in [0, 0.05) is 5.41 Å². The molecule has 1 amide bonds. The highest BCUT2D eigenvalue weighted by Gasteiger charge is 2.48. The molecule has 5 nitrogen and oxygen atoms in total. The van der Waals surface area contributed by atoms with Gasteiger partial charge in [-0.25, -0.2) is 9.79 Å². The van der Waals surface area contributed by atoms with Gasteiger partial charge in [0.05, 0.1) is 13.3 Å². The lowest BCUT2D eigenvalue weighted by Crippen LogP contribution is -2.59. The van der Waals surface area contributed by atoms with Crippen LogP contribution in [-0.4, -0.2) is 35.8 Å². The Morgan fingerprint density at radius 3 is 2.30 bits per heavy atom. The molecule has 0 saturated heterocycles. The Kier molecular flexibility index (Phi) is 5.16. The highest BCUT2D eigenvalue weighted by Crippen LogP contribution is 2.33. The molecule has 0 saturated carbocycles. The molecule has 6 heteroatoms. The largest absolute Gasteiger partial charge is 0.497 e. The van der Waals surface area contributed by atoms with E-state index in [1.54, 1.807) is 25.8 Å². The number of amides is 1. The minimum Gasteiger partial charge on any atom is -0.497 e. The lowest BCUT2D eigenvalue weighted by molar-refractivity contribution is -0.727. The van der Waals surface area contributed by atoms with E-state index in [-0.39, 0.29) is 21.2 Å². The maximum Gasteiger partial charge on any atom is 0.382 e. The van der Waals surface area contributed by atoms with Gasteiger partial charge in [-0.05, 0) is 36.9 Å². The molecule has 1 heterocycles. The standard InChI is InChI=1S/C17H22N2O3S/c1-17(2,3)15(19(16(20)23)10-9-18-12-19)11-22-14-7-5-13(21-4)6-8-14/h5-10,12,15H,11H2,1-4H3/p+1. The minimum absolute atomic E-state index is 0.0528. The Hall–Kier alpha value is -1.79. The Bertz CT molecular complexity index is 606. The van der Waals surface area contributed by atoms with Crippen molar-refractivity contribution in [3.63, 3.8) is 0 Å². The van der Waals surface area contributed by atoms with Crippen LogP contribution < -0.4 is 9.47 Å². The van der Waals surface area contributed by atoms with Gasteiger partial charge in [-0.15, -0.1) is 0 Å². The summed E-state index contributed by atoms with van der Waals surface area (Å²) in [6, 6.07) is 7.22. The third-order valence-corrected chi connectivity index (χ3v) is 4.32. The number of benzene rings is 1. The quantitative estimate of drug-likeness (QED) is 0.656. The molecule has 0 fully saturated rings. The van der Waals surface area contributed by atoms with Crippen molar-refractivity contribution in [3.8, 4) is 11.5 Å². The normalized spacial score (nSPS) is 21.3. The molecule has 2 unspecified atom stereocenters. The first-order valence-corrected chi connectivity index (χ1v) is 7.85. The zero-order valence-electron chi connectivity index (χ0n) is 13.9. The van der Waals surface area contributed by atoms with Gasteiger partial charge in [-0.2, -0.15) is 4.48 Å². The molecule has 0 bridgehead atoms. The first-order valence-electron chi connectivity index (χ1n) is 7.40. The van der Waals surface area contributed by atoms with E-state index >= 15 is 0 Å². The lowest BCUT2D eigenvalue weighted by atomic mass is 9.85. The first kappa shape index (κ1) is 17.6. The van der Waals surface area contributed by atoms with E-state index in [0.717, 1.165) is 11.5 Å². The number of thiol groups is 1. The van der Waals surface area contributed by atoms with Crippen molar-refractivity contribution in [1.29, 1.82) is 0 Å². The molecule has 0 aromatic heterocycles. The highest BCUT2D eigenvalue weighted by atomic mass is 32.1. The van der Waals surface area contributed by atoms with Gasteiger partial charge in [0.15, 0.2) is 0 Å². The second-order valence-electron chi connectivity index (χ2n) is 6.55. The van der Waals surface area contributed by atoms with Crippen molar-refractivity contribution in [2.75, 3.05) is 13.7 Å². The van der Waals surface area contributed by atoms with E-state index in [1.807, 2.05) is 24.3 Å². The summed E-state index contributed by atoms with van der Waals surface area (Å²) in [5.41, 5.74) is -0.189. The number of hydrogen-bond donors (Lipinski definition) is 1. The van der Waals surface area contributed by atoms with E-state index in [4.69, 9.17) is 9.47 Å². The predicted molar refractivity (Wildman–Crippen MR) is 94.0 cm³/mol. The van der Waals surface area contributed by atoms with Gasteiger partial charge in [0.1, 0.15) is 30.3 Å². The monoisotopic (exact) mass is 335 g/mol. The number of carbonyl (C=O) groups excluding carboxylic acids is 1. The third-order valence-electron chi connectivity index (χ3n) is 3.97. The van der Waals surface area contributed by atoms with Crippen molar-refractivity contribution < 1.29 is 18.8 Å². The molecule has 2 rings (SSSR count). The number of methoxy groups -OCH3 is 1. The van der Waals surface area contributed by atoms with Crippen LogP contribution in [0.15, 0.2) is 41.7 Å². The summed E-state index contributed by atoms with van der Waals surface area (Å²) in [4.78, 5) is 16.3. The van der Waals surface area contributed by atoms with Crippen LogP contribution in [0.1, 0.15) is 20.8 Å². The zero-order chi connectivity index (χ0) is 17.1. The van der Waals surface area contributed by atoms with Crippen molar-refractivity contribution in [2.24, 2.45) is 10.4 Å². The molecule has 124 valence electrons. The van der Waals surface area contributed by atoms with Crippen molar-refractivity contribution in [1.82, 2.24) is 0 Å². The van der Waals surface area contributed by atoms with E-state index in [2.05, 4.69) is 38.4 Å². The fourth-order valence-electron chi connectivity index (χ4n) is 2.63. The summed E-state index contributed by atoms with van der Waals surface area (Å²) in [6.07, 6.45) is 4.99. The summed E-state index contributed by atoms with van der Waals surface area (Å²) in [7, 11) is 1.62. The van der Waals surface area contributed by atoms with Gasteiger partial charge in [-0.1, -0.05) is 20.8 Å². The van der Waals surface area contributed by atoms with Gasteiger partial charge in [0.2, 0.25) is 6.34 Å². The summed E-state index contributed by atoms with van der Waals surface area (Å²) in [5.74, 6) is 1.50. The predicted octanol–water partition coefficient (Wildman–Crippen LogP) is 3.87. The Labute approximate surface area is 142 Å². The van der Waals surface area contributed by atoms with Crippen LogP contribution in [0.5, 0.6) is 11.5 Å². The van der Waals surface area contributed by atoms with E-state index in [1.165, 1.54) is 0 Å².